The van der Waals surface area contributed by atoms with Crippen molar-refractivity contribution in [3.05, 3.63) is 160 Å². The lowest BCUT2D eigenvalue weighted by Gasteiger charge is -2.16. The lowest BCUT2D eigenvalue weighted by atomic mass is 10.1. The molecule has 246 valence electrons. The Morgan fingerprint density at radius 2 is 1.43 bits per heavy atom. The van der Waals surface area contributed by atoms with Gasteiger partial charge in [-0.1, -0.05) is 61.5 Å². The van der Waals surface area contributed by atoms with Crippen LogP contribution in [0.3, 0.4) is 0 Å². The monoisotopic (exact) mass is 672 g/mol. The van der Waals surface area contributed by atoms with Gasteiger partial charge in [0.2, 0.25) is 5.91 Å². The molecule has 0 aliphatic carbocycles. The van der Waals surface area contributed by atoms with Crippen LogP contribution in [-0.4, -0.2) is 27.9 Å². The van der Waals surface area contributed by atoms with Crippen LogP contribution < -0.4 is 20.7 Å². The third-order valence-electron chi connectivity index (χ3n) is 7.10. The van der Waals surface area contributed by atoms with Crippen molar-refractivity contribution in [2.75, 3.05) is 10.6 Å². The van der Waals surface area contributed by atoms with Crippen LogP contribution in [0.1, 0.15) is 29.3 Å². The molecule has 0 aromatic heterocycles. The molecule has 10 nitrogen and oxygen atoms in total. The molecule has 0 saturated heterocycles. The number of thioether (sulfide) groups is 1. The second-order valence-corrected chi connectivity index (χ2v) is 11.9. The van der Waals surface area contributed by atoms with E-state index in [-0.39, 0.29) is 22.9 Å². The molecule has 0 spiro atoms. The quantitative estimate of drug-likeness (QED) is 0.0495. The Morgan fingerprint density at radius 3 is 2.12 bits per heavy atom. The molecule has 5 aromatic carbocycles. The van der Waals surface area contributed by atoms with Crippen molar-refractivity contribution < 1.29 is 24.0 Å². The number of nitrogens with zero attached hydrogens (tertiary/aromatic N) is 1. The van der Waals surface area contributed by atoms with Crippen LogP contribution in [0.4, 0.5) is 17.1 Å². The molecule has 0 fully saturated rings. The van der Waals surface area contributed by atoms with Crippen molar-refractivity contribution in [3.63, 3.8) is 0 Å². The van der Waals surface area contributed by atoms with Crippen molar-refractivity contribution >= 4 is 52.6 Å². The Hall–Kier alpha value is -6.20. The summed E-state index contributed by atoms with van der Waals surface area (Å²) in [5, 5.41) is 19.5. The number of benzene rings is 5. The summed E-state index contributed by atoms with van der Waals surface area (Å²) in [6, 6.07) is 37.7. The van der Waals surface area contributed by atoms with Gasteiger partial charge in [0.15, 0.2) is 0 Å². The average molecular weight is 673 g/mol. The predicted molar refractivity (Wildman–Crippen MR) is 192 cm³/mol. The minimum absolute atomic E-state index is 0.144. The molecular formula is C38H32N4O6S. The fourth-order valence-corrected chi connectivity index (χ4v) is 5.67. The largest absolute Gasteiger partial charge is 0.457 e. The first-order chi connectivity index (χ1) is 23.8. The van der Waals surface area contributed by atoms with Crippen LogP contribution in [0.25, 0.3) is 6.08 Å². The minimum atomic E-state index is -0.686. The standard InChI is InChI=1S/C38H32N4O6S/c1-2-35(38(45)39-28-20-22-31(23-21-28)48-30-16-7-4-8-17-30)49-32-18-11-15-29(25-32)40-37(44)33(41-36(43)26-12-5-3-6-13-26)24-27-14-9-10-19-34(27)42(46)47/h3-25,35H,2H2,1H3,(H,39,45)(H,40,44)(H,41,43)/b33-24+. The average Bonchev–Trinajstić information content (AvgIpc) is 3.12. The van der Waals surface area contributed by atoms with Crippen LogP contribution in [0, 0.1) is 10.1 Å². The van der Waals surface area contributed by atoms with Gasteiger partial charge in [-0.3, -0.25) is 24.5 Å². The summed E-state index contributed by atoms with van der Waals surface area (Å²) in [6.45, 7) is 1.91. The molecule has 49 heavy (non-hydrogen) atoms. The van der Waals surface area contributed by atoms with Crippen molar-refractivity contribution in [3.8, 4) is 11.5 Å². The number of amides is 3. The Bertz CT molecular complexity index is 1970. The van der Waals surface area contributed by atoms with Crippen LogP contribution >= 0.6 is 11.8 Å². The van der Waals surface area contributed by atoms with Gasteiger partial charge in [-0.2, -0.15) is 0 Å². The van der Waals surface area contributed by atoms with Gasteiger partial charge < -0.3 is 20.7 Å². The molecule has 5 aromatic rings. The molecule has 0 saturated carbocycles. The number of para-hydroxylation sites is 2. The molecule has 3 N–H and O–H groups in total. The van der Waals surface area contributed by atoms with Gasteiger partial charge in [0.25, 0.3) is 17.5 Å². The van der Waals surface area contributed by atoms with Crippen molar-refractivity contribution in [2.45, 2.75) is 23.5 Å². The maximum Gasteiger partial charge on any atom is 0.276 e. The first-order valence-corrected chi connectivity index (χ1v) is 16.2. The highest BCUT2D eigenvalue weighted by Gasteiger charge is 2.21. The van der Waals surface area contributed by atoms with Crippen LogP contribution in [0.15, 0.2) is 144 Å². The van der Waals surface area contributed by atoms with E-state index in [2.05, 4.69) is 16.0 Å². The third kappa shape index (κ3) is 9.66. The number of ether oxygens (including phenoxy) is 1. The lowest BCUT2D eigenvalue weighted by Crippen LogP contribution is -2.30. The van der Waals surface area contributed by atoms with E-state index in [0.29, 0.717) is 34.9 Å². The van der Waals surface area contributed by atoms with Crippen molar-refractivity contribution in [1.29, 1.82) is 0 Å². The number of hydrogen-bond acceptors (Lipinski definition) is 7. The third-order valence-corrected chi connectivity index (χ3v) is 8.45. The molecule has 0 radical (unpaired) electrons. The molecule has 0 bridgehead atoms. The smallest absolute Gasteiger partial charge is 0.276 e. The summed E-state index contributed by atoms with van der Waals surface area (Å²) in [6.07, 6.45) is 1.81. The molecular weight excluding hydrogens is 641 g/mol. The topological polar surface area (TPSA) is 140 Å². The number of nitrogens with one attached hydrogen (secondary N) is 3. The number of rotatable bonds is 13. The molecule has 0 aliphatic rings. The zero-order valence-corrected chi connectivity index (χ0v) is 27.2. The first kappa shape index (κ1) is 34.1. The highest BCUT2D eigenvalue weighted by atomic mass is 32.2. The van der Waals surface area contributed by atoms with Gasteiger partial charge in [-0.15, -0.1) is 11.8 Å². The fraction of sp³-hybridized carbons (Fsp3) is 0.0789. The second-order valence-electron chi connectivity index (χ2n) is 10.6. The van der Waals surface area contributed by atoms with Gasteiger partial charge in [0.05, 0.1) is 15.7 Å². The van der Waals surface area contributed by atoms with Gasteiger partial charge in [0.1, 0.15) is 17.2 Å². The maximum absolute atomic E-state index is 13.5. The van der Waals surface area contributed by atoms with E-state index in [9.17, 15) is 24.5 Å². The molecule has 5 rings (SSSR count). The Kier molecular flexibility index (Phi) is 11.5. The van der Waals surface area contributed by atoms with E-state index < -0.39 is 22.0 Å². The first-order valence-electron chi connectivity index (χ1n) is 15.3. The number of hydrogen-bond donors (Lipinski definition) is 3. The Labute approximate surface area is 287 Å². The normalized spacial score (nSPS) is 11.6. The van der Waals surface area contributed by atoms with E-state index in [1.165, 1.54) is 36.0 Å². The van der Waals surface area contributed by atoms with Crippen molar-refractivity contribution in [1.82, 2.24) is 5.32 Å². The number of carbonyl (C=O) groups excluding carboxylic acids is 3. The number of carbonyl (C=O) groups is 3. The highest BCUT2D eigenvalue weighted by Crippen LogP contribution is 2.30. The molecule has 3 amide bonds. The Balaban J connectivity index is 1.28. The zero-order chi connectivity index (χ0) is 34.6. The van der Waals surface area contributed by atoms with E-state index in [1.807, 2.05) is 43.3 Å². The molecule has 0 heterocycles. The molecule has 1 unspecified atom stereocenters. The lowest BCUT2D eigenvalue weighted by molar-refractivity contribution is -0.385. The van der Waals surface area contributed by atoms with E-state index >= 15 is 0 Å². The summed E-state index contributed by atoms with van der Waals surface area (Å²) >= 11 is 1.34. The van der Waals surface area contributed by atoms with Gasteiger partial charge in [-0.05, 0) is 85.3 Å². The maximum atomic E-state index is 13.5. The fourth-order valence-electron chi connectivity index (χ4n) is 4.66. The highest BCUT2D eigenvalue weighted by molar-refractivity contribution is 8.00. The number of anilines is 2. The van der Waals surface area contributed by atoms with Crippen molar-refractivity contribution in [2.24, 2.45) is 0 Å². The summed E-state index contributed by atoms with van der Waals surface area (Å²) in [7, 11) is 0. The zero-order valence-electron chi connectivity index (χ0n) is 26.4. The van der Waals surface area contributed by atoms with Crippen LogP contribution in [0.5, 0.6) is 11.5 Å². The number of nitro groups is 1. The van der Waals surface area contributed by atoms with E-state index in [4.69, 9.17) is 4.74 Å². The van der Waals surface area contributed by atoms with Crippen LogP contribution in [0.2, 0.25) is 0 Å². The SMILES string of the molecule is CCC(Sc1cccc(NC(=O)/C(=C\c2ccccc2[N+](=O)[O-])NC(=O)c2ccccc2)c1)C(=O)Nc1ccc(Oc2ccccc2)cc1. The summed E-state index contributed by atoms with van der Waals surface area (Å²) < 4.78 is 5.82. The second kappa shape index (κ2) is 16.6. The summed E-state index contributed by atoms with van der Waals surface area (Å²) in [5.41, 5.74) is 1.07. The van der Waals surface area contributed by atoms with E-state index in [1.54, 1.807) is 78.9 Å². The predicted octanol–water partition coefficient (Wildman–Crippen LogP) is 8.31. The van der Waals surface area contributed by atoms with Gasteiger partial charge >= 0.3 is 0 Å². The summed E-state index contributed by atoms with van der Waals surface area (Å²) in [4.78, 5) is 51.6. The molecule has 11 heteroatoms. The van der Waals surface area contributed by atoms with Gasteiger partial charge in [-0.25, -0.2) is 0 Å². The Morgan fingerprint density at radius 1 is 0.776 bits per heavy atom. The van der Waals surface area contributed by atoms with E-state index in [0.717, 1.165) is 4.90 Å². The minimum Gasteiger partial charge on any atom is -0.457 e. The molecule has 1 atom stereocenters. The molecule has 0 aliphatic heterocycles. The van der Waals surface area contributed by atoms with Crippen LogP contribution in [-0.2, 0) is 9.59 Å². The van der Waals surface area contributed by atoms with Gasteiger partial charge in [0, 0.05) is 27.9 Å². The number of nitro benzene ring substituents is 1. The summed E-state index contributed by atoms with van der Waals surface area (Å²) in [5.74, 6) is -0.0697.